The first-order valence-electron chi connectivity index (χ1n) is 3.63. The molecular weight excluding hydrogens is 239 g/mol. The van der Waals surface area contributed by atoms with Crippen molar-refractivity contribution in [1.29, 1.82) is 0 Å². The molecule has 0 aliphatic rings. The summed E-state index contributed by atoms with van der Waals surface area (Å²) in [6, 6.07) is 3.01. The summed E-state index contributed by atoms with van der Waals surface area (Å²) in [5.41, 5.74) is 0.486. The lowest BCUT2D eigenvalue weighted by Crippen LogP contribution is -2.11. The van der Waals surface area contributed by atoms with E-state index < -0.39 is 5.82 Å². The Morgan fingerprint density at radius 2 is 2.23 bits per heavy atom. The van der Waals surface area contributed by atoms with E-state index in [1.165, 1.54) is 10.6 Å². The topological polar surface area (TPSA) is 37.8 Å². The summed E-state index contributed by atoms with van der Waals surface area (Å²) >= 11 is 3.16. The van der Waals surface area contributed by atoms with Gasteiger partial charge in [-0.25, -0.2) is 9.18 Å². The molecule has 0 atom stereocenters. The molecule has 0 saturated heterocycles. The second kappa shape index (κ2) is 2.70. The SMILES string of the molecule is Cn1c(=O)[nH]c2c(F)cc(Br)cc21. The van der Waals surface area contributed by atoms with E-state index in [0.29, 0.717) is 9.99 Å². The quantitative estimate of drug-likeness (QED) is 0.754. The van der Waals surface area contributed by atoms with Crippen LogP contribution >= 0.6 is 15.9 Å². The largest absolute Gasteiger partial charge is 0.326 e. The highest BCUT2D eigenvalue weighted by Gasteiger charge is 2.08. The Morgan fingerprint density at radius 3 is 2.92 bits per heavy atom. The Hall–Kier alpha value is -1.10. The van der Waals surface area contributed by atoms with Crippen molar-refractivity contribution < 1.29 is 4.39 Å². The third kappa shape index (κ3) is 1.19. The van der Waals surface area contributed by atoms with Gasteiger partial charge in [0.05, 0.1) is 5.52 Å². The minimum atomic E-state index is -0.429. The normalized spacial score (nSPS) is 11.0. The Bertz CT molecular complexity index is 529. The summed E-state index contributed by atoms with van der Waals surface area (Å²) in [4.78, 5) is 13.6. The van der Waals surface area contributed by atoms with Crippen LogP contribution in [-0.2, 0) is 7.05 Å². The number of imidazole rings is 1. The number of aromatic nitrogens is 2. The number of nitrogens with zero attached hydrogens (tertiary/aromatic N) is 1. The van der Waals surface area contributed by atoms with E-state index in [-0.39, 0.29) is 11.2 Å². The molecule has 1 heterocycles. The number of H-pyrrole nitrogens is 1. The molecule has 0 aliphatic heterocycles. The van der Waals surface area contributed by atoms with Gasteiger partial charge >= 0.3 is 5.69 Å². The van der Waals surface area contributed by atoms with Crippen molar-refractivity contribution >= 4 is 27.0 Å². The van der Waals surface area contributed by atoms with Crippen LogP contribution in [0.25, 0.3) is 11.0 Å². The third-order valence-electron chi connectivity index (χ3n) is 1.93. The number of hydrogen-bond donors (Lipinski definition) is 1. The van der Waals surface area contributed by atoms with Gasteiger partial charge in [0.15, 0.2) is 0 Å². The van der Waals surface area contributed by atoms with Crippen LogP contribution < -0.4 is 5.69 Å². The van der Waals surface area contributed by atoms with Crippen LogP contribution in [0.5, 0.6) is 0 Å². The number of fused-ring (bicyclic) bond motifs is 1. The molecule has 2 rings (SSSR count). The number of aryl methyl sites for hydroxylation is 1. The van der Waals surface area contributed by atoms with Crippen molar-refractivity contribution in [1.82, 2.24) is 9.55 Å². The molecule has 3 nitrogen and oxygen atoms in total. The molecule has 0 spiro atoms. The highest BCUT2D eigenvalue weighted by molar-refractivity contribution is 9.10. The van der Waals surface area contributed by atoms with Crippen molar-refractivity contribution in [2.75, 3.05) is 0 Å². The number of halogens is 2. The summed E-state index contributed by atoms with van der Waals surface area (Å²) in [5.74, 6) is -0.429. The first-order valence-corrected chi connectivity index (χ1v) is 4.42. The molecular formula is C8H6BrFN2O. The Kier molecular flexibility index (Phi) is 1.76. The summed E-state index contributed by atoms with van der Waals surface area (Å²) in [7, 11) is 1.59. The maximum Gasteiger partial charge on any atom is 0.326 e. The fourth-order valence-corrected chi connectivity index (χ4v) is 1.67. The maximum atomic E-state index is 13.2. The first-order chi connectivity index (χ1) is 6.09. The molecule has 0 amide bonds. The average Bonchev–Trinajstić information content (AvgIpc) is 2.32. The average molecular weight is 245 g/mol. The van der Waals surface area contributed by atoms with Gasteiger partial charge in [-0.15, -0.1) is 0 Å². The number of nitrogens with one attached hydrogen (secondary N) is 1. The zero-order chi connectivity index (χ0) is 9.59. The molecule has 2 aromatic rings. The van der Waals surface area contributed by atoms with E-state index in [2.05, 4.69) is 20.9 Å². The van der Waals surface area contributed by atoms with Gasteiger partial charge in [-0.1, -0.05) is 15.9 Å². The highest BCUT2D eigenvalue weighted by atomic mass is 79.9. The second-order valence-electron chi connectivity index (χ2n) is 2.77. The van der Waals surface area contributed by atoms with E-state index in [1.54, 1.807) is 13.1 Å². The van der Waals surface area contributed by atoms with Crippen LogP contribution in [0.1, 0.15) is 0 Å². The molecule has 13 heavy (non-hydrogen) atoms. The molecule has 1 aromatic heterocycles. The van der Waals surface area contributed by atoms with Crippen molar-refractivity contribution in [3.05, 3.63) is 32.9 Å². The fourth-order valence-electron chi connectivity index (χ4n) is 1.25. The maximum absolute atomic E-state index is 13.2. The Morgan fingerprint density at radius 1 is 1.54 bits per heavy atom. The van der Waals surface area contributed by atoms with E-state index >= 15 is 0 Å². The number of benzene rings is 1. The number of hydrogen-bond acceptors (Lipinski definition) is 1. The van der Waals surface area contributed by atoms with Gasteiger partial charge in [0.1, 0.15) is 11.3 Å². The monoisotopic (exact) mass is 244 g/mol. The molecule has 0 fully saturated rings. The molecule has 68 valence electrons. The van der Waals surface area contributed by atoms with E-state index in [4.69, 9.17) is 0 Å². The van der Waals surface area contributed by atoms with Crippen molar-refractivity contribution in [2.45, 2.75) is 0 Å². The predicted molar refractivity (Wildman–Crippen MR) is 51.2 cm³/mol. The van der Waals surface area contributed by atoms with Crippen LogP contribution in [0.15, 0.2) is 21.4 Å². The van der Waals surface area contributed by atoms with Gasteiger partial charge in [-0.05, 0) is 12.1 Å². The van der Waals surface area contributed by atoms with Gasteiger partial charge in [0.2, 0.25) is 0 Å². The molecule has 0 radical (unpaired) electrons. The lowest BCUT2D eigenvalue weighted by Gasteiger charge is -1.95. The van der Waals surface area contributed by atoms with Crippen molar-refractivity contribution in [3.63, 3.8) is 0 Å². The Balaban J connectivity index is 3.03. The lowest BCUT2D eigenvalue weighted by atomic mass is 10.3. The van der Waals surface area contributed by atoms with Gasteiger partial charge in [0.25, 0.3) is 0 Å². The van der Waals surface area contributed by atoms with Crippen LogP contribution in [-0.4, -0.2) is 9.55 Å². The molecule has 1 aromatic carbocycles. The minimum Gasteiger partial charge on any atom is -0.303 e. The third-order valence-corrected chi connectivity index (χ3v) is 2.39. The highest BCUT2D eigenvalue weighted by Crippen LogP contribution is 2.20. The fraction of sp³-hybridized carbons (Fsp3) is 0.125. The van der Waals surface area contributed by atoms with Crippen LogP contribution in [0.3, 0.4) is 0 Å². The van der Waals surface area contributed by atoms with E-state index in [9.17, 15) is 9.18 Å². The molecule has 0 bridgehead atoms. The standard InChI is InChI=1S/C8H6BrFN2O/c1-12-6-3-4(9)2-5(10)7(6)11-8(12)13/h2-3H,1H3,(H,11,13). The molecule has 0 aliphatic carbocycles. The smallest absolute Gasteiger partial charge is 0.303 e. The lowest BCUT2D eigenvalue weighted by molar-refractivity contribution is 0.636. The first kappa shape index (κ1) is 8.50. The van der Waals surface area contributed by atoms with E-state index in [0.717, 1.165) is 0 Å². The van der Waals surface area contributed by atoms with Crippen molar-refractivity contribution in [2.24, 2.45) is 7.05 Å². The summed E-state index contributed by atoms with van der Waals surface area (Å²) in [5, 5.41) is 0. The molecule has 0 saturated carbocycles. The van der Waals surface area contributed by atoms with Gasteiger partial charge < -0.3 is 4.98 Å². The summed E-state index contributed by atoms with van der Waals surface area (Å²) < 4.78 is 15.2. The van der Waals surface area contributed by atoms with Crippen LogP contribution in [0.4, 0.5) is 4.39 Å². The Labute approximate surface area is 81.3 Å². The zero-order valence-corrected chi connectivity index (χ0v) is 8.35. The van der Waals surface area contributed by atoms with Gasteiger partial charge in [0, 0.05) is 11.5 Å². The summed E-state index contributed by atoms with van der Waals surface area (Å²) in [6.45, 7) is 0. The van der Waals surface area contributed by atoms with Crippen molar-refractivity contribution in [3.8, 4) is 0 Å². The molecule has 1 N–H and O–H groups in total. The second-order valence-corrected chi connectivity index (χ2v) is 3.69. The number of aromatic amines is 1. The zero-order valence-electron chi connectivity index (χ0n) is 6.77. The minimum absolute atomic E-state index is 0.246. The number of rotatable bonds is 0. The van der Waals surface area contributed by atoms with Crippen LogP contribution in [0, 0.1) is 5.82 Å². The van der Waals surface area contributed by atoms with E-state index in [1.807, 2.05) is 0 Å². The summed E-state index contributed by atoms with van der Waals surface area (Å²) in [6.07, 6.45) is 0. The van der Waals surface area contributed by atoms with Crippen LogP contribution in [0.2, 0.25) is 0 Å². The molecule has 0 unspecified atom stereocenters. The molecule has 5 heteroatoms. The predicted octanol–water partition coefficient (Wildman–Crippen LogP) is 1.77. The van der Waals surface area contributed by atoms with Gasteiger partial charge in [-0.3, -0.25) is 4.57 Å². The van der Waals surface area contributed by atoms with Gasteiger partial charge in [-0.2, -0.15) is 0 Å².